The Bertz CT molecular complexity index is 804. The molecule has 120 valence electrons. The number of anilines is 1. The molecule has 2 aromatic heterocycles. The van der Waals surface area contributed by atoms with Gasteiger partial charge in [0, 0.05) is 22.8 Å². The van der Waals surface area contributed by atoms with E-state index < -0.39 is 0 Å². The van der Waals surface area contributed by atoms with Crippen LogP contribution in [0.1, 0.15) is 43.0 Å². The molecular weight excluding hydrogens is 328 g/mol. The summed E-state index contributed by atoms with van der Waals surface area (Å²) in [6, 6.07) is 7.05. The zero-order chi connectivity index (χ0) is 15.6. The fourth-order valence-electron chi connectivity index (χ4n) is 3.35. The van der Waals surface area contributed by atoms with Crippen LogP contribution in [0.2, 0.25) is 4.47 Å². The molecular formula is C17H19ClN4S. The Morgan fingerprint density at radius 3 is 2.87 bits per heavy atom. The molecule has 1 N–H and O–H groups in total. The van der Waals surface area contributed by atoms with Gasteiger partial charge >= 0.3 is 0 Å². The maximum Gasteiger partial charge on any atom is 0.183 e. The van der Waals surface area contributed by atoms with Crippen molar-refractivity contribution in [2.75, 3.05) is 5.32 Å². The molecule has 0 unspecified atom stereocenters. The van der Waals surface area contributed by atoms with Crippen LogP contribution in [0, 0.1) is 0 Å². The number of aromatic nitrogens is 3. The lowest BCUT2D eigenvalue weighted by Gasteiger charge is -2.23. The molecule has 1 aromatic carbocycles. The van der Waals surface area contributed by atoms with Crippen molar-refractivity contribution in [3.63, 3.8) is 0 Å². The van der Waals surface area contributed by atoms with Gasteiger partial charge in [-0.3, -0.25) is 0 Å². The van der Waals surface area contributed by atoms with Crippen molar-refractivity contribution in [2.24, 2.45) is 0 Å². The number of fused-ring (bicyclic) bond motifs is 1. The van der Waals surface area contributed by atoms with Gasteiger partial charge in [-0.25, -0.2) is 9.97 Å². The predicted molar refractivity (Wildman–Crippen MR) is 96.3 cm³/mol. The molecule has 1 aliphatic rings. The van der Waals surface area contributed by atoms with E-state index in [1.165, 1.54) is 49.0 Å². The van der Waals surface area contributed by atoms with E-state index >= 15 is 0 Å². The largest absolute Gasteiger partial charge is 0.380 e. The Kier molecular flexibility index (Phi) is 4.23. The lowest BCUT2D eigenvalue weighted by atomic mass is 9.95. The number of hydrogen-bond donors (Lipinski definition) is 1. The van der Waals surface area contributed by atoms with Crippen molar-refractivity contribution in [1.29, 1.82) is 0 Å². The Balaban J connectivity index is 1.52. The van der Waals surface area contributed by atoms with Crippen LogP contribution in [-0.2, 0) is 6.54 Å². The summed E-state index contributed by atoms with van der Waals surface area (Å²) < 4.78 is 2.95. The van der Waals surface area contributed by atoms with Crippen molar-refractivity contribution in [3.8, 4) is 0 Å². The molecule has 4 nitrogen and oxygen atoms in total. The van der Waals surface area contributed by atoms with Crippen molar-refractivity contribution in [1.82, 2.24) is 14.5 Å². The van der Waals surface area contributed by atoms with Gasteiger partial charge in [0.25, 0.3) is 0 Å². The quantitative estimate of drug-likeness (QED) is 0.700. The third kappa shape index (κ3) is 3.21. The second-order valence-corrected chi connectivity index (χ2v) is 7.78. The summed E-state index contributed by atoms with van der Waals surface area (Å²) in [5, 5.41) is 3.42. The SMILES string of the molecule is Clc1ncc(CNc2ccc3c(c2)ncn3C2CCCCC2)s1. The number of hydrogen-bond acceptors (Lipinski definition) is 4. The van der Waals surface area contributed by atoms with Crippen LogP contribution in [0.5, 0.6) is 0 Å². The first-order chi connectivity index (χ1) is 11.3. The van der Waals surface area contributed by atoms with Gasteiger partial charge in [-0.15, -0.1) is 11.3 Å². The highest BCUT2D eigenvalue weighted by Gasteiger charge is 2.17. The standard InChI is InChI=1S/C17H19ClN4S/c18-17-20-10-14(23-17)9-19-12-6-7-16-15(8-12)21-11-22(16)13-4-2-1-3-5-13/h6-8,10-11,13,19H,1-5,9H2. The number of benzene rings is 1. The van der Waals surface area contributed by atoms with E-state index in [0.29, 0.717) is 10.5 Å². The number of rotatable bonds is 4. The predicted octanol–water partition coefficient (Wildman–Crippen LogP) is 5.26. The van der Waals surface area contributed by atoms with Gasteiger partial charge in [0.15, 0.2) is 4.47 Å². The molecule has 0 spiro atoms. The van der Waals surface area contributed by atoms with E-state index in [1.54, 1.807) is 0 Å². The monoisotopic (exact) mass is 346 g/mol. The third-order valence-corrected chi connectivity index (χ3v) is 5.65. The van der Waals surface area contributed by atoms with E-state index in [1.807, 2.05) is 12.5 Å². The lowest BCUT2D eigenvalue weighted by molar-refractivity contribution is 0.359. The highest BCUT2D eigenvalue weighted by Crippen LogP contribution is 2.31. The Morgan fingerprint density at radius 1 is 1.22 bits per heavy atom. The van der Waals surface area contributed by atoms with E-state index in [-0.39, 0.29) is 0 Å². The van der Waals surface area contributed by atoms with Crippen molar-refractivity contribution >= 4 is 39.7 Å². The maximum absolute atomic E-state index is 5.86. The molecule has 0 saturated heterocycles. The molecule has 23 heavy (non-hydrogen) atoms. The molecule has 4 rings (SSSR count). The zero-order valence-corrected chi connectivity index (χ0v) is 14.4. The summed E-state index contributed by atoms with van der Waals surface area (Å²) in [6.45, 7) is 0.735. The average Bonchev–Trinajstić information content (AvgIpc) is 3.19. The van der Waals surface area contributed by atoms with Gasteiger partial charge in [-0.2, -0.15) is 0 Å². The van der Waals surface area contributed by atoms with Crippen molar-refractivity contribution in [2.45, 2.75) is 44.7 Å². The summed E-state index contributed by atoms with van der Waals surface area (Å²) in [5.74, 6) is 0. The van der Waals surface area contributed by atoms with Crippen LogP contribution >= 0.6 is 22.9 Å². The lowest BCUT2D eigenvalue weighted by Crippen LogP contribution is -2.11. The van der Waals surface area contributed by atoms with E-state index in [4.69, 9.17) is 11.6 Å². The second kappa shape index (κ2) is 6.49. The second-order valence-electron chi connectivity index (χ2n) is 6.08. The minimum Gasteiger partial charge on any atom is -0.380 e. The van der Waals surface area contributed by atoms with Crippen LogP contribution in [0.3, 0.4) is 0 Å². The Hall–Kier alpha value is -1.59. The Labute approximate surface area is 144 Å². The molecule has 6 heteroatoms. The fraction of sp³-hybridized carbons (Fsp3) is 0.412. The smallest absolute Gasteiger partial charge is 0.183 e. The van der Waals surface area contributed by atoms with Gasteiger partial charge in [0.05, 0.1) is 23.9 Å². The van der Waals surface area contributed by atoms with E-state index in [0.717, 1.165) is 22.6 Å². The van der Waals surface area contributed by atoms with Crippen LogP contribution in [0.25, 0.3) is 11.0 Å². The first kappa shape index (κ1) is 15.0. The number of nitrogens with one attached hydrogen (secondary N) is 1. The van der Waals surface area contributed by atoms with Gasteiger partial charge in [-0.05, 0) is 31.0 Å². The average molecular weight is 347 g/mol. The highest BCUT2D eigenvalue weighted by atomic mass is 35.5. The minimum atomic E-state index is 0.587. The van der Waals surface area contributed by atoms with Gasteiger partial charge in [-0.1, -0.05) is 30.9 Å². The van der Waals surface area contributed by atoms with Crippen LogP contribution in [0.4, 0.5) is 5.69 Å². The molecule has 1 saturated carbocycles. The summed E-state index contributed by atoms with van der Waals surface area (Å²) in [5.41, 5.74) is 3.38. The summed E-state index contributed by atoms with van der Waals surface area (Å²) in [6.07, 6.45) is 10.4. The molecule has 3 aromatic rings. The molecule has 1 aliphatic carbocycles. The van der Waals surface area contributed by atoms with Crippen molar-refractivity contribution in [3.05, 3.63) is 40.1 Å². The Morgan fingerprint density at radius 2 is 2.09 bits per heavy atom. The van der Waals surface area contributed by atoms with Gasteiger partial charge < -0.3 is 9.88 Å². The number of halogens is 1. The first-order valence-corrected chi connectivity index (χ1v) is 9.30. The normalized spacial score (nSPS) is 16.0. The maximum atomic E-state index is 5.86. The van der Waals surface area contributed by atoms with Crippen LogP contribution < -0.4 is 5.32 Å². The third-order valence-electron chi connectivity index (χ3n) is 4.53. The van der Waals surface area contributed by atoms with E-state index in [9.17, 15) is 0 Å². The first-order valence-electron chi connectivity index (χ1n) is 8.10. The number of imidazole rings is 1. The molecule has 0 amide bonds. The summed E-state index contributed by atoms with van der Waals surface area (Å²) in [7, 11) is 0. The van der Waals surface area contributed by atoms with Crippen molar-refractivity contribution < 1.29 is 0 Å². The zero-order valence-electron chi connectivity index (χ0n) is 12.8. The van der Waals surface area contributed by atoms with E-state index in [2.05, 4.69) is 38.1 Å². The topological polar surface area (TPSA) is 42.7 Å². The highest BCUT2D eigenvalue weighted by molar-refractivity contribution is 7.15. The molecule has 2 heterocycles. The fourth-order valence-corrected chi connectivity index (χ4v) is 4.26. The number of nitrogens with zero attached hydrogens (tertiary/aromatic N) is 3. The van der Waals surface area contributed by atoms with Crippen LogP contribution in [0.15, 0.2) is 30.7 Å². The number of thiazole rings is 1. The van der Waals surface area contributed by atoms with Crippen LogP contribution in [-0.4, -0.2) is 14.5 Å². The molecule has 1 fully saturated rings. The minimum absolute atomic E-state index is 0.587. The molecule has 0 atom stereocenters. The summed E-state index contributed by atoms with van der Waals surface area (Å²) in [4.78, 5) is 9.80. The van der Waals surface area contributed by atoms with Gasteiger partial charge in [0.2, 0.25) is 0 Å². The molecule has 0 bridgehead atoms. The molecule has 0 radical (unpaired) electrons. The van der Waals surface area contributed by atoms with Gasteiger partial charge in [0.1, 0.15) is 0 Å². The molecule has 0 aliphatic heterocycles. The summed E-state index contributed by atoms with van der Waals surface area (Å²) >= 11 is 7.37.